The van der Waals surface area contributed by atoms with E-state index in [1.165, 1.54) is 13.8 Å². The summed E-state index contributed by atoms with van der Waals surface area (Å²) in [5, 5.41) is 17.4. The molecule has 14 heteroatoms. The second-order valence-corrected chi connectivity index (χ2v) is 12.6. The lowest BCUT2D eigenvalue weighted by Gasteiger charge is -2.31. The normalized spacial score (nSPS) is 20.9. The molecule has 4 amide bonds. The van der Waals surface area contributed by atoms with Gasteiger partial charge < -0.3 is 30.9 Å². The van der Waals surface area contributed by atoms with E-state index in [9.17, 15) is 38.5 Å². The maximum atomic E-state index is 13.4. The van der Waals surface area contributed by atoms with E-state index in [2.05, 4.69) is 16.0 Å². The summed E-state index contributed by atoms with van der Waals surface area (Å²) in [6.07, 6.45) is 4.44. The minimum absolute atomic E-state index is 0.101. The van der Waals surface area contributed by atoms with Crippen molar-refractivity contribution in [3.05, 3.63) is 0 Å². The third kappa shape index (κ3) is 10.2. The Labute approximate surface area is 235 Å². The summed E-state index contributed by atoms with van der Waals surface area (Å²) >= 11 is 0. The third-order valence-corrected chi connectivity index (χ3v) is 9.21. The predicted molar refractivity (Wildman–Crippen MR) is 146 cm³/mol. The Bertz CT molecular complexity index is 958. The zero-order valence-electron chi connectivity index (χ0n) is 23.7. The number of likely N-dealkylation sites (tertiary alicyclic amines) is 1. The van der Waals surface area contributed by atoms with Gasteiger partial charge in [-0.05, 0) is 58.3 Å². The zero-order chi connectivity index (χ0) is 29.9. The fourth-order valence-corrected chi connectivity index (χ4v) is 6.30. The molecule has 1 saturated carbocycles. The molecule has 5 N–H and O–H groups in total. The molecule has 0 aromatic heterocycles. The average molecular weight is 589 g/mol. The van der Waals surface area contributed by atoms with Crippen LogP contribution in [0.2, 0.25) is 0 Å². The molecule has 0 radical (unpaired) electrons. The highest BCUT2D eigenvalue weighted by Gasteiger charge is 2.42. The van der Waals surface area contributed by atoms with Crippen molar-refractivity contribution in [1.29, 1.82) is 0 Å². The fraction of sp³-hybridized carbons (Fsp3) is 0.808. The summed E-state index contributed by atoms with van der Waals surface area (Å²) < 4.78 is 18.7. The van der Waals surface area contributed by atoms with Crippen LogP contribution in [0.1, 0.15) is 91.4 Å². The van der Waals surface area contributed by atoms with Crippen LogP contribution in [0.3, 0.4) is 0 Å². The summed E-state index contributed by atoms with van der Waals surface area (Å²) in [6.45, 7) is 5.21. The van der Waals surface area contributed by atoms with Gasteiger partial charge in [-0.2, -0.15) is 0 Å². The van der Waals surface area contributed by atoms with Gasteiger partial charge in [-0.15, -0.1) is 0 Å². The quantitative estimate of drug-likeness (QED) is 0.125. The molecule has 40 heavy (non-hydrogen) atoms. The molecular formula is C26H45N4O9P. The van der Waals surface area contributed by atoms with Gasteiger partial charge in [0, 0.05) is 25.9 Å². The van der Waals surface area contributed by atoms with Gasteiger partial charge in [-0.25, -0.2) is 4.79 Å². The minimum atomic E-state index is -4.60. The average Bonchev–Trinajstić information content (AvgIpc) is 3.33. The zero-order valence-corrected chi connectivity index (χ0v) is 24.6. The van der Waals surface area contributed by atoms with Gasteiger partial charge in [0.25, 0.3) is 5.91 Å². The number of hydrogen-bond donors (Lipinski definition) is 5. The minimum Gasteiger partial charge on any atom is -0.480 e. The summed E-state index contributed by atoms with van der Waals surface area (Å²) in [6, 6.07) is -1.97. The standard InChI is InChI=1S/C26H45N4O9P/c1-4-5-14-22(40(37,38)39-17(2)25(34)30-16-9-13-21(30)26(35)36)29-24(33)20(12-6-7-15-27-18(3)31)28-23(32)19-10-8-11-19/h17,19-22H,4-16H2,1-3H3,(H,27,31)(H,28,32)(H,29,33)(H,35,36)(H,37,38)/t17-,20-,21-,22?/m0/s1. The largest absolute Gasteiger partial charge is 0.480 e. The Kier molecular flexibility index (Phi) is 13.5. The van der Waals surface area contributed by atoms with E-state index in [1.54, 1.807) is 0 Å². The van der Waals surface area contributed by atoms with E-state index in [-0.39, 0.29) is 37.1 Å². The fourth-order valence-electron chi connectivity index (χ4n) is 4.81. The van der Waals surface area contributed by atoms with Crippen LogP contribution >= 0.6 is 7.60 Å². The molecule has 1 aliphatic heterocycles. The van der Waals surface area contributed by atoms with E-state index in [0.29, 0.717) is 45.1 Å². The van der Waals surface area contributed by atoms with Crippen LogP contribution in [0.15, 0.2) is 0 Å². The Morgan fingerprint density at radius 3 is 2.30 bits per heavy atom. The molecule has 2 rings (SSSR count). The van der Waals surface area contributed by atoms with E-state index in [0.717, 1.165) is 24.2 Å². The van der Waals surface area contributed by atoms with E-state index in [1.807, 2.05) is 6.92 Å². The second-order valence-electron chi connectivity index (χ2n) is 10.7. The number of rotatable bonds is 17. The molecule has 1 heterocycles. The van der Waals surface area contributed by atoms with Crippen molar-refractivity contribution in [2.24, 2.45) is 5.92 Å². The highest BCUT2D eigenvalue weighted by atomic mass is 31.2. The van der Waals surface area contributed by atoms with Crippen LogP contribution in [0.5, 0.6) is 0 Å². The molecule has 1 aliphatic carbocycles. The molecule has 1 saturated heterocycles. The van der Waals surface area contributed by atoms with Gasteiger partial charge in [-0.3, -0.25) is 28.3 Å². The number of carbonyl (C=O) groups is 5. The van der Waals surface area contributed by atoms with Crippen molar-refractivity contribution in [2.45, 2.75) is 115 Å². The topological polar surface area (TPSA) is 191 Å². The Hall–Kier alpha value is -2.50. The van der Waals surface area contributed by atoms with E-state index < -0.39 is 49.4 Å². The Morgan fingerprint density at radius 2 is 1.73 bits per heavy atom. The van der Waals surface area contributed by atoms with Crippen LogP contribution in [0.25, 0.3) is 0 Å². The first-order chi connectivity index (χ1) is 18.9. The molecule has 2 aliphatic rings. The van der Waals surface area contributed by atoms with E-state index >= 15 is 0 Å². The lowest BCUT2D eigenvalue weighted by Crippen LogP contribution is -2.51. The third-order valence-electron chi connectivity index (χ3n) is 7.41. The van der Waals surface area contributed by atoms with Crippen molar-refractivity contribution < 1.29 is 43.1 Å². The first-order valence-corrected chi connectivity index (χ1v) is 15.9. The molecule has 0 spiro atoms. The Morgan fingerprint density at radius 1 is 1.02 bits per heavy atom. The molecule has 0 bridgehead atoms. The molecule has 13 nitrogen and oxygen atoms in total. The van der Waals surface area contributed by atoms with E-state index in [4.69, 9.17) is 4.52 Å². The number of carbonyl (C=O) groups excluding carboxylic acids is 4. The van der Waals surface area contributed by atoms with Crippen molar-refractivity contribution in [3.8, 4) is 0 Å². The molecule has 0 aromatic carbocycles. The maximum Gasteiger partial charge on any atom is 0.350 e. The van der Waals surface area contributed by atoms with Crippen LogP contribution in [-0.2, 0) is 33.1 Å². The first kappa shape index (κ1) is 33.7. The van der Waals surface area contributed by atoms with Crippen LogP contribution in [-0.4, -0.2) is 81.6 Å². The number of hydrogen-bond acceptors (Lipinski definition) is 7. The van der Waals surface area contributed by atoms with Crippen molar-refractivity contribution in [3.63, 3.8) is 0 Å². The molecule has 228 valence electrons. The maximum absolute atomic E-state index is 13.4. The highest BCUT2D eigenvalue weighted by molar-refractivity contribution is 7.53. The number of carboxylic acids is 1. The van der Waals surface area contributed by atoms with Crippen molar-refractivity contribution in [1.82, 2.24) is 20.9 Å². The van der Waals surface area contributed by atoms with Gasteiger partial charge in [0.2, 0.25) is 17.7 Å². The number of unbranched alkanes of at least 4 members (excludes halogenated alkanes) is 2. The lowest BCUT2D eigenvalue weighted by atomic mass is 9.84. The summed E-state index contributed by atoms with van der Waals surface area (Å²) in [4.78, 5) is 73.5. The highest BCUT2D eigenvalue weighted by Crippen LogP contribution is 2.49. The molecule has 2 unspecified atom stereocenters. The second kappa shape index (κ2) is 16.1. The van der Waals surface area contributed by atoms with Gasteiger partial charge in [0.05, 0.1) is 0 Å². The van der Waals surface area contributed by atoms with Crippen molar-refractivity contribution in [2.75, 3.05) is 13.1 Å². The van der Waals surface area contributed by atoms with Gasteiger partial charge >= 0.3 is 13.6 Å². The monoisotopic (exact) mass is 588 g/mol. The lowest BCUT2D eigenvalue weighted by molar-refractivity contribution is -0.151. The number of amides is 4. The smallest absolute Gasteiger partial charge is 0.350 e. The van der Waals surface area contributed by atoms with Gasteiger partial charge in [0.15, 0.2) is 0 Å². The first-order valence-electron chi connectivity index (χ1n) is 14.3. The molecule has 2 fully saturated rings. The molecule has 0 aromatic rings. The Balaban J connectivity index is 2.10. The van der Waals surface area contributed by atoms with Crippen LogP contribution in [0.4, 0.5) is 0 Å². The molecule has 5 atom stereocenters. The molecular weight excluding hydrogens is 543 g/mol. The number of nitrogens with one attached hydrogen (secondary N) is 3. The predicted octanol–water partition coefficient (Wildman–Crippen LogP) is 1.88. The number of aliphatic carboxylic acids is 1. The number of nitrogens with zero attached hydrogens (tertiary/aromatic N) is 1. The van der Waals surface area contributed by atoms with Crippen LogP contribution in [0, 0.1) is 5.92 Å². The summed E-state index contributed by atoms with van der Waals surface area (Å²) in [5.41, 5.74) is 0. The SMILES string of the molecule is CCCCC(NC(=O)[C@H](CCCCNC(C)=O)NC(=O)C1CCC1)P(=O)(O)O[C@@H](C)C(=O)N1CCC[C@H]1C(=O)O. The van der Waals surface area contributed by atoms with Gasteiger partial charge in [0.1, 0.15) is 24.0 Å². The van der Waals surface area contributed by atoms with Crippen LogP contribution < -0.4 is 16.0 Å². The van der Waals surface area contributed by atoms with Gasteiger partial charge in [-0.1, -0.05) is 26.2 Å². The summed E-state index contributed by atoms with van der Waals surface area (Å²) in [5.74, 6) is -4.37. The number of carboxylic acid groups (broad SMARTS) is 1. The van der Waals surface area contributed by atoms with Crippen molar-refractivity contribution >= 4 is 37.2 Å². The summed E-state index contributed by atoms with van der Waals surface area (Å²) in [7, 11) is -4.60.